The van der Waals surface area contributed by atoms with Crippen molar-refractivity contribution in [3.63, 3.8) is 0 Å². The molecule has 1 unspecified atom stereocenters. The number of hydrogen-bond acceptors (Lipinski definition) is 5. The van der Waals surface area contributed by atoms with E-state index >= 15 is 0 Å². The van der Waals surface area contributed by atoms with E-state index in [1.807, 2.05) is 68.2 Å². The molecule has 4 nitrogen and oxygen atoms in total. The van der Waals surface area contributed by atoms with E-state index < -0.39 is 0 Å². The highest BCUT2D eigenvalue weighted by atomic mass is 32.2. The molecule has 32 heavy (non-hydrogen) atoms. The smallest absolute Gasteiger partial charge is 0.250 e. The van der Waals surface area contributed by atoms with Gasteiger partial charge in [-0.2, -0.15) is 11.8 Å². The minimum atomic E-state index is -0.113. The zero-order valence-corrected chi connectivity index (χ0v) is 20.7. The molecule has 0 radical (unpaired) electrons. The van der Waals surface area contributed by atoms with Crippen molar-refractivity contribution < 1.29 is 4.79 Å². The van der Waals surface area contributed by atoms with Crippen LogP contribution in [0.5, 0.6) is 0 Å². The minimum Gasteiger partial charge on any atom is -0.318 e. The Morgan fingerprint density at radius 3 is 2.44 bits per heavy atom. The number of aryl methyl sites for hydroxylation is 2. The van der Waals surface area contributed by atoms with Crippen LogP contribution in [0.3, 0.4) is 0 Å². The van der Waals surface area contributed by atoms with Gasteiger partial charge in [-0.1, -0.05) is 68.6 Å². The summed E-state index contributed by atoms with van der Waals surface area (Å²) in [4.78, 5) is 26.0. The standard InChI is InChI=1S/C26H30N2O2S2/c1-5-24(27-31)22-14-25(29)28(4)15-23(22)21-13-18(16-32-6-2)9-12-20(21)26(30)19-10-7-17(3)8-11-19/h7-15,24,27,31H,5-6,16H2,1-4H3. The average molecular weight is 467 g/mol. The van der Waals surface area contributed by atoms with Crippen LogP contribution < -0.4 is 10.3 Å². The van der Waals surface area contributed by atoms with Gasteiger partial charge in [-0.05, 0) is 41.9 Å². The third-order valence-corrected chi connectivity index (χ3v) is 6.86. The fourth-order valence-electron chi connectivity index (χ4n) is 3.72. The summed E-state index contributed by atoms with van der Waals surface area (Å²) in [6, 6.07) is 15.2. The van der Waals surface area contributed by atoms with Crippen molar-refractivity contribution in [2.24, 2.45) is 7.05 Å². The second-order valence-corrected chi connectivity index (χ2v) is 9.43. The van der Waals surface area contributed by atoms with Gasteiger partial charge in [0.05, 0.1) is 0 Å². The molecule has 0 saturated heterocycles. The molecule has 1 heterocycles. The molecule has 0 amide bonds. The van der Waals surface area contributed by atoms with Crippen LogP contribution >= 0.6 is 24.6 Å². The molecule has 6 heteroatoms. The lowest BCUT2D eigenvalue weighted by molar-refractivity contribution is 0.103. The predicted molar refractivity (Wildman–Crippen MR) is 139 cm³/mol. The predicted octanol–water partition coefficient (Wildman–Crippen LogP) is 5.73. The SMILES string of the molecule is CCSCc1ccc(C(=O)c2ccc(C)cc2)c(-c2cn(C)c(=O)cc2C(CC)NS)c1. The summed E-state index contributed by atoms with van der Waals surface area (Å²) in [5.41, 5.74) is 6.03. The Balaban J connectivity index is 2.25. The second kappa shape index (κ2) is 11.0. The Hall–Kier alpha value is -2.28. The Morgan fingerprint density at radius 1 is 1.09 bits per heavy atom. The maximum atomic E-state index is 13.5. The fourth-order valence-corrected chi connectivity index (χ4v) is 4.66. The number of ketones is 1. The van der Waals surface area contributed by atoms with Crippen molar-refractivity contribution in [1.29, 1.82) is 0 Å². The van der Waals surface area contributed by atoms with Gasteiger partial charge < -0.3 is 4.57 Å². The molecule has 0 saturated carbocycles. The molecule has 0 aliphatic heterocycles. The van der Waals surface area contributed by atoms with Gasteiger partial charge in [0.15, 0.2) is 5.78 Å². The summed E-state index contributed by atoms with van der Waals surface area (Å²) in [5.74, 6) is 1.86. The van der Waals surface area contributed by atoms with Gasteiger partial charge in [0.2, 0.25) is 0 Å². The van der Waals surface area contributed by atoms with E-state index in [9.17, 15) is 9.59 Å². The van der Waals surface area contributed by atoms with Gasteiger partial charge in [0.1, 0.15) is 0 Å². The first-order valence-electron chi connectivity index (χ1n) is 10.8. The van der Waals surface area contributed by atoms with Crippen LogP contribution in [-0.2, 0) is 12.8 Å². The van der Waals surface area contributed by atoms with Crippen molar-refractivity contribution in [3.05, 3.63) is 92.9 Å². The third kappa shape index (κ3) is 5.37. The number of benzene rings is 2. The summed E-state index contributed by atoms with van der Waals surface area (Å²) in [6.07, 6.45) is 2.60. The van der Waals surface area contributed by atoms with Gasteiger partial charge in [-0.25, -0.2) is 0 Å². The van der Waals surface area contributed by atoms with E-state index in [4.69, 9.17) is 0 Å². The van der Waals surface area contributed by atoms with Gasteiger partial charge in [0, 0.05) is 47.8 Å². The van der Waals surface area contributed by atoms with Crippen LogP contribution in [0.2, 0.25) is 0 Å². The summed E-state index contributed by atoms with van der Waals surface area (Å²) in [5, 5.41) is 0. The molecule has 0 fully saturated rings. The summed E-state index contributed by atoms with van der Waals surface area (Å²) in [6.45, 7) is 6.18. The molecular weight excluding hydrogens is 436 g/mol. The number of hydrogen-bond donors (Lipinski definition) is 2. The molecule has 0 spiro atoms. The van der Waals surface area contributed by atoms with E-state index in [0.717, 1.165) is 45.7 Å². The van der Waals surface area contributed by atoms with Gasteiger partial charge in [-0.3, -0.25) is 14.3 Å². The number of pyridine rings is 1. The molecule has 1 atom stereocenters. The largest absolute Gasteiger partial charge is 0.318 e. The molecule has 168 valence electrons. The van der Waals surface area contributed by atoms with Crippen molar-refractivity contribution in [1.82, 2.24) is 9.29 Å². The molecule has 3 aromatic rings. The van der Waals surface area contributed by atoms with Crippen molar-refractivity contribution in [2.45, 2.75) is 39.0 Å². The normalized spacial score (nSPS) is 12.0. The first-order valence-corrected chi connectivity index (χ1v) is 12.4. The van der Waals surface area contributed by atoms with Crippen LogP contribution in [0.15, 0.2) is 59.5 Å². The molecule has 3 rings (SSSR count). The first kappa shape index (κ1) is 24.4. The lowest BCUT2D eigenvalue weighted by Gasteiger charge is -2.21. The van der Waals surface area contributed by atoms with E-state index in [-0.39, 0.29) is 17.4 Å². The van der Waals surface area contributed by atoms with Gasteiger partial charge in [-0.15, -0.1) is 0 Å². The van der Waals surface area contributed by atoms with Crippen LogP contribution in [0.25, 0.3) is 11.1 Å². The molecule has 1 aromatic heterocycles. The number of rotatable bonds is 9. The summed E-state index contributed by atoms with van der Waals surface area (Å²) in [7, 11) is 1.74. The molecule has 2 aromatic carbocycles. The topological polar surface area (TPSA) is 51.1 Å². The Kier molecular flexibility index (Phi) is 8.40. The summed E-state index contributed by atoms with van der Waals surface area (Å²) < 4.78 is 4.58. The second-order valence-electron chi connectivity index (χ2n) is 7.89. The lowest BCUT2D eigenvalue weighted by Crippen LogP contribution is -2.21. The molecule has 0 aliphatic carbocycles. The highest BCUT2D eigenvalue weighted by molar-refractivity contribution is 7.98. The van der Waals surface area contributed by atoms with E-state index in [1.165, 1.54) is 0 Å². The number of thioether (sulfide) groups is 1. The number of carbonyl (C=O) groups is 1. The van der Waals surface area contributed by atoms with Crippen LogP contribution in [-0.4, -0.2) is 16.1 Å². The van der Waals surface area contributed by atoms with Crippen molar-refractivity contribution in [2.75, 3.05) is 5.75 Å². The quantitative estimate of drug-likeness (QED) is 0.312. The zero-order valence-electron chi connectivity index (χ0n) is 19.0. The van der Waals surface area contributed by atoms with Crippen LogP contribution in [0.1, 0.15) is 58.9 Å². The molecule has 0 bridgehead atoms. The minimum absolute atomic E-state index is 0.0265. The highest BCUT2D eigenvalue weighted by Crippen LogP contribution is 2.34. The first-order chi connectivity index (χ1) is 15.4. The zero-order chi connectivity index (χ0) is 23.3. The van der Waals surface area contributed by atoms with Crippen LogP contribution in [0.4, 0.5) is 0 Å². The number of aromatic nitrogens is 1. The van der Waals surface area contributed by atoms with Crippen molar-refractivity contribution >= 4 is 30.4 Å². The van der Waals surface area contributed by atoms with Gasteiger partial charge in [0.25, 0.3) is 5.56 Å². The molecule has 0 aliphatic rings. The van der Waals surface area contributed by atoms with Gasteiger partial charge >= 0.3 is 0 Å². The third-order valence-electron chi connectivity index (χ3n) is 5.61. The Bertz CT molecular complexity index is 1150. The fraction of sp³-hybridized carbons (Fsp3) is 0.308. The summed E-state index contributed by atoms with van der Waals surface area (Å²) >= 11 is 6.14. The molecular formula is C26H30N2O2S2. The Morgan fingerprint density at radius 2 is 1.81 bits per heavy atom. The maximum absolute atomic E-state index is 13.5. The molecule has 1 N–H and O–H groups in total. The van der Waals surface area contributed by atoms with E-state index in [1.54, 1.807) is 17.7 Å². The van der Waals surface area contributed by atoms with Crippen LogP contribution in [0, 0.1) is 6.92 Å². The highest BCUT2D eigenvalue weighted by Gasteiger charge is 2.21. The number of carbonyl (C=O) groups excluding carboxylic acids is 1. The van der Waals surface area contributed by atoms with E-state index in [2.05, 4.69) is 30.5 Å². The van der Waals surface area contributed by atoms with E-state index in [0.29, 0.717) is 11.1 Å². The Labute approximate surface area is 200 Å². The number of thiol groups is 1. The maximum Gasteiger partial charge on any atom is 0.250 e. The number of nitrogens with zero attached hydrogens (tertiary/aromatic N) is 1. The van der Waals surface area contributed by atoms with Crippen molar-refractivity contribution in [3.8, 4) is 11.1 Å². The lowest BCUT2D eigenvalue weighted by atomic mass is 9.88. The number of nitrogens with one attached hydrogen (secondary N) is 1. The average Bonchev–Trinajstić information content (AvgIpc) is 2.80. The monoisotopic (exact) mass is 466 g/mol.